The molecule has 1 fully saturated rings. The summed E-state index contributed by atoms with van der Waals surface area (Å²) in [6.45, 7) is 4.55. The van der Waals surface area contributed by atoms with Crippen molar-refractivity contribution in [1.29, 1.82) is 0 Å². The predicted molar refractivity (Wildman–Crippen MR) is 166 cm³/mol. The molecule has 1 aromatic carbocycles. The molecule has 43 heavy (non-hydrogen) atoms. The van der Waals surface area contributed by atoms with Crippen LogP contribution in [0.15, 0.2) is 54.2 Å². The van der Waals surface area contributed by atoms with Crippen molar-refractivity contribution in [2.75, 3.05) is 19.4 Å². The van der Waals surface area contributed by atoms with Crippen molar-refractivity contribution in [1.82, 2.24) is 10.6 Å². The highest BCUT2D eigenvalue weighted by Gasteiger charge is 2.29. The van der Waals surface area contributed by atoms with Gasteiger partial charge < -0.3 is 25.9 Å². The lowest BCUT2D eigenvalue weighted by Gasteiger charge is -2.23. The number of carbonyl (C=O) groups is 2. The lowest BCUT2D eigenvalue weighted by molar-refractivity contribution is -0.120. The second-order valence-electron chi connectivity index (χ2n) is 11.1. The average Bonchev–Trinajstić information content (AvgIpc) is 3.80. The van der Waals surface area contributed by atoms with Crippen molar-refractivity contribution in [3.63, 3.8) is 0 Å². The van der Waals surface area contributed by atoms with E-state index in [0.29, 0.717) is 55.7 Å². The first kappa shape index (κ1) is 36.5. The van der Waals surface area contributed by atoms with E-state index in [2.05, 4.69) is 10.6 Å². The summed E-state index contributed by atoms with van der Waals surface area (Å²) in [7, 11) is -1.83. The summed E-state index contributed by atoms with van der Waals surface area (Å²) in [5.41, 5.74) is 7.11. The Morgan fingerprint density at radius 2 is 1.74 bits per heavy atom. The second kappa shape index (κ2) is 18.8. The molecule has 0 radical (unpaired) electrons. The van der Waals surface area contributed by atoms with E-state index in [-0.39, 0.29) is 17.9 Å². The number of aldehydes is 1. The van der Waals surface area contributed by atoms with Gasteiger partial charge in [-0.25, -0.2) is 17.2 Å². The Kier molecular flexibility index (Phi) is 16.0. The molecule has 3 unspecified atom stereocenters. The van der Waals surface area contributed by atoms with Crippen LogP contribution in [-0.2, 0) is 30.6 Å². The van der Waals surface area contributed by atoms with Gasteiger partial charge in [-0.1, -0.05) is 57.1 Å². The maximum absolute atomic E-state index is 13.1. The van der Waals surface area contributed by atoms with Gasteiger partial charge in [-0.05, 0) is 56.2 Å². The number of nitrogens with one attached hydrogen (secondary N) is 2. The van der Waals surface area contributed by atoms with Crippen LogP contribution in [0.2, 0.25) is 0 Å². The largest absolute Gasteiger partial charge is 0.379 e. The fraction of sp³-hybridized carbons (Fsp3) is 0.562. The number of allylic oxidation sites excluding steroid dienone is 5. The lowest BCUT2D eigenvalue weighted by Crippen LogP contribution is -2.44. The summed E-state index contributed by atoms with van der Waals surface area (Å²) in [4.78, 5) is 23.5. The van der Waals surface area contributed by atoms with E-state index in [0.717, 1.165) is 18.9 Å². The lowest BCUT2D eigenvalue weighted by atomic mass is 10.0. The third kappa shape index (κ3) is 13.6. The van der Waals surface area contributed by atoms with E-state index in [9.17, 15) is 26.8 Å². The number of hydrogen-bond donors (Lipinski definition) is 3. The number of rotatable bonds is 17. The van der Waals surface area contributed by atoms with Gasteiger partial charge in [-0.15, -0.1) is 0 Å². The van der Waals surface area contributed by atoms with Gasteiger partial charge in [0.2, 0.25) is 5.91 Å². The van der Waals surface area contributed by atoms with Crippen LogP contribution in [0.4, 0.5) is 8.78 Å². The number of sulfone groups is 1. The van der Waals surface area contributed by atoms with E-state index in [1.807, 2.05) is 32.1 Å². The SMILES string of the molecule is CCCC(CCC)S(=O)(=O)CC(C=O)NC(=O)C1=CC=CC=CC1.COC(CNC1CC1)C(N)Cc1cc(F)cc(F)c1. The number of hydrogen-bond acceptors (Lipinski definition) is 7. The smallest absolute Gasteiger partial charge is 0.248 e. The minimum Gasteiger partial charge on any atom is -0.379 e. The normalized spacial score (nSPS) is 16.9. The van der Waals surface area contributed by atoms with Crippen LogP contribution < -0.4 is 16.4 Å². The van der Waals surface area contributed by atoms with E-state index in [1.54, 1.807) is 19.3 Å². The molecule has 1 amide bonds. The summed E-state index contributed by atoms with van der Waals surface area (Å²) in [6.07, 6.45) is 15.2. The van der Waals surface area contributed by atoms with Gasteiger partial charge in [0.1, 0.15) is 17.9 Å². The van der Waals surface area contributed by atoms with E-state index >= 15 is 0 Å². The van der Waals surface area contributed by atoms with Crippen molar-refractivity contribution in [3.05, 3.63) is 71.4 Å². The molecule has 0 spiro atoms. The zero-order valence-electron chi connectivity index (χ0n) is 25.4. The molecule has 8 nitrogen and oxygen atoms in total. The van der Waals surface area contributed by atoms with Gasteiger partial charge in [0.15, 0.2) is 9.84 Å². The first-order valence-electron chi connectivity index (χ1n) is 15.0. The molecule has 2 aliphatic carbocycles. The molecule has 11 heteroatoms. The monoisotopic (exact) mass is 623 g/mol. The molecular formula is C32H47F2N3O5S. The maximum Gasteiger partial charge on any atom is 0.248 e. The molecule has 4 N–H and O–H groups in total. The van der Waals surface area contributed by atoms with Gasteiger partial charge in [0, 0.05) is 37.4 Å². The van der Waals surface area contributed by atoms with Gasteiger partial charge in [0.05, 0.1) is 23.1 Å². The topological polar surface area (TPSA) is 128 Å². The van der Waals surface area contributed by atoms with E-state index in [1.165, 1.54) is 25.0 Å². The highest BCUT2D eigenvalue weighted by Crippen LogP contribution is 2.19. The van der Waals surface area contributed by atoms with Gasteiger partial charge >= 0.3 is 0 Å². The summed E-state index contributed by atoms with van der Waals surface area (Å²) in [6, 6.07) is 2.75. The van der Waals surface area contributed by atoms with Crippen LogP contribution in [0.5, 0.6) is 0 Å². The molecule has 0 aliphatic heterocycles. The number of nitrogens with two attached hydrogens (primary N) is 1. The molecule has 0 heterocycles. The quantitative estimate of drug-likeness (QED) is 0.223. The predicted octanol–water partition coefficient (Wildman–Crippen LogP) is 4.10. The van der Waals surface area contributed by atoms with Crippen LogP contribution >= 0.6 is 0 Å². The standard InChI is InChI=1S/C18H27NO4S.C14H20F2N2O/c1-3-9-17(10-4-2)24(22,23)14-16(13-20)19-18(21)15-11-7-5-6-8-12-15;1-19-14(8-18-12-2-3-12)13(17)6-9-4-10(15)7-11(16)5-9/h5-8,11,13,16-17H,3-4,9-10,12,14H2,1-2H3,(H,19,21);4-5,7,12-14,18H,2-3,6,8,17H2,1H3. The van der Waals surface area contributed by atoms with Gasteiger partial charge in [-0.2, -0.15) is 0 Å². The van der Waals surface area contributed by atoms with Crippen LogP contribution in [0, 0.1) is 11.6 Å². The van der Waals surface area contributed by atoms with Crippen molar-refractivity contribution in [2.45, 2.75) is 94.7 Å². The summed E-state index contributed by atoms with van der Waals surface area (Å²) >= 11 is 0. The van der Waals surface area contributed by atoms with Crippen LogP contribution in [0.1, 0.15) is 64.4 Å². The minimum atomic E-state index is -3.43. The summed E-state index contributed by atoms with van der Waals surface area (Å²) in [5, 5.41) is 5.43. The molecule has 3 rings (SSSR count). The summed E-state index contributed by atoms with van der Waals surface area (Å²) in [5.74, 6) is -1.90. The number of benzene rings is 1. The number of amides is 1. The van der Waals surface area contributed by atoms with E-state index < -0.39 is 38.7 Å². The maximum atomic E-state index is 13.1. The fourth-order valence-corrected chi connectivity index (χ4v) is 6.89. The Hall–Kier alpha value is -2.73. The Labute approximate surface area is 255 Å². The summed E-state index contributed by atoms with van der Waals surface area (Å²) < 4.78 is 56.6. The molecule has 1 saturated carbocycles. The Bertz CT molecular complexity index is 1210. The van der Waals surface area contributed by atoms with Crippen molar-refractivity contribution < 1.29 is 31.5 Å². The highest BCUT2D eigenvalue weighted by atomic mass is 32.2. The van der Waals surface area contributed by atoms with Crippen molar-refractivity contribution >= 4 is 22.0 Å². The Balaban J connectivity index is 0.000000307. The number of ether oxygens (including phenoxy) is 1. The number of halogens is 2. The minimum absolute atomic E-state index is 0.160. The molecule has 1 aromatic rings. The molecule has 3 atom stereocenters. The first-order valence-corrected chi connectivity index (χ1v) is 16.7. The van der Waals surface area contributed by atoms with Gasteiger partial charge in [-0.3, -0.25) is 4.79 Å². The highest BCUT2D eigenvalue weighted by molar-refractivity contribution is 7.92. The zero-order chi connectivity index (χ0) is 31.8. The zero-order valence-corrected chi connectivity index (χ0v) is 26.3. The molecule has 240 valence electrons. The van der Waals surface area contributed by atoms with Crippen molar-refractivity contribution in [2.24, 2.45) is 5.73 Å². The molecule has 0 aromatic heterocycles. The molecular weight excluding hydrogens is 576 g/mol. The third-order valence-corrected chi connectivity index (χ3v) is 9.58. The molecule has 0 saturated heterocycles. The van der Waals surface area contributed by atoms with Crippen molar-refractivity contribution in [3.8, 4) is 0 Å². The van der Waals surface area contributed by atoms with Crippen LogP contribution in [0.25, 0.3) is 0 Å². The van der Waals surface area contributed by atoms with Crippen LogP contribution in [-0.4, -0.2) is 69.5 Å². The Morgan fingerprint density at radius 1 is 1.09 bits per heavy atom. The number of methoxy groups -OCH3 is 1. The fourth-order valence-electron chi connectivity index (χ4n) is 4.77. The Morgan fingerprint density at radius 3 is 2.30 bits per heavy atom. The van der Waals surface area contributed by atoms with Gasteiger partial charge in [0.25, 0.3) is 0 Å². The molecule has 2 aliphatic rings. The average molecular weight is 624 g/mol. The van der Waals surface area contributed by atoms with Crippen LogP contribution in [0.3, 0.4) is 0 Å². The first-order chi connectivity index (χ1) is 20.5. The third-order valence-electron chi connectivity index (χ3n) is 7.27. The van der Waals surface area contributed by atoms with E-state index in [4.69, 9.17) is 10.5 Å². The molecule has 0 bridgehead atoms. The second-order valence-corrected chi connectivity index (χ2v) is 13.4. The number of carbonyl (C=O) groups excluding carboxylic acids is 2.